The molecule has 2 rings (SSSR count). The molecule has 0 radical (unpaired) electrons. The maximum Gasteiger partial charge on any atom is 0.0139 e. The normalized spacial score (nSPS) is 37.8. The van der Waals surface area contributed by atoms with Gasteiger partial charge in [-0.2, -0.15) is 0 Å². The maximum atomic E-state index is 2.34. The molecule has 0 N–H and O–H groups in total. The zero-order valence-electron chi connectivity index (χ0n) is 7.62. The number of rotatable bonds is 0. The Kier molecular flexibility index (Phi) is 1.57. The molecule has 0 aromatic carbocycles. The second kappa shape index (κ2) is 2.48. The summed E-state index contributed by atoms with van der Waals surface area (Å²) in [6.45, 7) is 4.44. The molecule has 2 unspecified atom stereocenters. The van der Waals surface area contributed by atoms with Gasteiger partial charge in [-0.15, -0.1) is 0 Å². The van der Waals surface area contributed by atoms with Gasteiger partial charge < -0.3 is 0 Å². The Hall–Kier alpha value is -1.04. The lowest BCUT2D eigenvalue weighted by Crippen LogP contribution is -2.23. The first-order valence-corrected chi connectivity index (χ1v) is 4.44. The lowest BCUT2D eigenvalue weighted by molar-refractivity contribution is 0.449. The summed E-state index contributed by atoms with van der Waals surface area (Å²) >= 11 is 0. The van der Waals surface area contributed by atoms with Crippen LogP contribution in [0.2, 0.25) is 0 Å². The second-order valence-corrected chi connectivity index (χ2v) is 3.88. The lowest BCUT2D eigenvalue weighted by atomic mass is 9.71. The summed E-state index contributed by atoms with van der Waals surface area (Å²) in [5, 5.41) is 0. The molecular weight excluding hydrogens is 144 g/mol. The van der Waals surface area contributed by atoms with Crippen molar-refractivity contribution in [2.45, 2.75) is 13.8 Å². The molecular formula is C12H14. The molecule has 0 saturated heterocycles. The topological polar surface area (TPSA) is 0 Å². The Morgan fingerprint density at radius 1 is 1.25 bits per heavy atom. The van der Waals surface area contributed by atoms with Crippen LogP contribution in [0.25, 0.3) is 0 Å². The van der Waals surface area contributed by atoms with Gasteiger partial charge >= 0.3 is 0 Å². The third-order valence-corrected chi connectivity index (χ3v) is 2.71. The largest absolute Gasteiger partial charge is 0.0764 e. The van der Waals surface area contributed by atoms with E-state index >= 15 is 0 Å². The monoisotopic (exact) mass is 158 g/mol. The van der Waals surface area contributed by atoms with Crippen LogP contribution < -0.4 is 0 Å². The van der Waals surface area contributed by atoms with E-state index in [9.17, 15) is 0 Å². The van der Waals surface area contributed by atoms with Crippen LogP contribution in [0.3, 0.4) is 0 Å². The predicted octanol–water partition coefficient (Wildman–Crippen LogP) is 3.25. The Morgan fingerprint density at radius 2 is 2.08 bits per heavy atom. The minimum atomic E-state index is 0.230. The van der Waals surface area contributed by atoms with Gasteiger partial charge in [-0.1, -0.05) is 55.0 Å². The highest BCUT2D eigenvalue weighted by atomic mass is 14.3. The van der Waals surface area contributed by atoms with Crippen molar-refractivity contribution in [1.29, 1.82) is 0 Å². The summed E-state index contributed by atoms with van der Waals surface area (Å²) in [7, 11) is 0. The van der Waals surface area contributed by atoms with Gasteiger partial charge in [0.2, 0.25) is 0 Å². The van der Waals surface area contributed by atoms with Gasteiger partial charge in [-0.25, -0.2) is 0 Å². The van der Waals surface area contributed by atoms with Gasteiger partial charge in [0.15, 0.2) is 0 Å². The van der Waals surface area contributed by atoms with Crippen LogP contribution in [0.5, 0.6) is 0 Å². The molecule has 0 saturated carbocycles. The first kappa shape index (κ1) is 7.60. The molecule has 0 heteroatoms. The average Bonchev–Trinajstić information content (AvgIpc) is 2.02. The van der Waals surface area contributed by atoms with E-state index in [2.05, 4.69) is 56.4 Å². The van der Waals surface area contributed by atoms with Crippen LogP contribution in [0.15, 0.2) is 48.1 Å². The molecule has 2 aliphatic rings. The smallest absolute Gasteiger partial charge is 0.0139 e. The molecule has 0 amide bonds. The molecule has 0 bridgehead atoms. The van der Waals surface area contributed by atoms with E-state index in [1.807, 2.05) is 0 Å². The Bertz CT molecular complexity index is 302. The fourth-order valence-electron chi connectivity index (χ4n) is 1.98. The van der Waals surface area contributed by atoms with Crippen LogP contribution in [0.4, 0.5) is 0 Å². The standard InChI is InChI=1S/C12H14/c1-10-6-7-11-5-3-4-8-12(11,2)9-10/h3-9,11H,1-2H3. The lowest BCUT2D eigenvalue weighted by Gasteiger charge is -2.33. The Labute approximate surface area is 74.0 Å². The van der Waals surface area contributed by atoms with Gasteiger partial charge in [0, 0.05) is 11.3 Å². The van der Waals surface area contributed by atoms with Gasteiger partial charge in [0.05, 0.1) is 0 Å². The van der Waals surface area contributed by atoms with Crippen molar-refractivity contribution in [3.05, 3.63) is 48.1 Å². The molecule has 0 heterocycles. The first-order valence-electron chi connectivity index (χ1n) is 4.44. The van der Waals surface area contributed by atoms with Crippen molar-refractivity contribution in [3.63, 3.8) is 0 Å². The van der Waals surface area contributed by atoms with Crippen LogP contribution in [0, 0.1) is 11.3 Å². The van der Waals surface area contributed by atoms with Crippen molar-refractivity contribution in [2.24, 2.45) is 11.3 Å². The third-order valence-electron chi connectivity index (χ3n) is 2.71. The SMILES string of the molecule is CC1=CC2(C)C=CC=CC2C=C1. The number of hydrogen-bond acceptors (Lipinski definition) is 0. The highest BCUT2D eigenvalue weighted by Crippen LogP contribution is 2.39. The van der Waals surface area contributed by atoms with E-state index in [1.165, 1.54) is 5.57 Å². The average molecular weight is 158 g/mol. The number of hydrogen-bond donors (Lipinski definition) is 0. The summed E-state index contributed by atoms with van der Waals surface area (Å²) in [6, 6.07) is 0. The number of fused-ring (bicyclic) bond motifs is 1. The van der Waals surface area contributed by atoms with Crippen LogP contribution >= 0.6 is 0 Å². The van der Waals surface area contributed by atoms with Crippen molar-refractivity contribution in [3.8, 4) is 0 Å². The van der Waals surface area contributed by atoms with E-state index < -0.39 is 0 Å². The van der Waals surface area contributed by atoms with Gasteiger partial charge in [0.25, 0.3) is 0 Å². The summed E-state index contributed by atoms with van der Waals surface area (Å²) < 4.78 is 0. The molecule has 0 fully saturated rings. The zero-order valence-corrected chi connectivity index (χ0v) is 7.62. The molecule has 62 valence electrons. The van der Waals surface area contributed by atoms with Crippen molar-refractivity contribution in [1.82, 2.24) is 0 Å². The van der Waals surface area contributed by atoms with E-state index in [1.54, 1.807) is 0 Å². The van der Waals surface area contributed by atoms with Gasteiger partial charge in [-0.3, -0.25) is 0 Å². The van der Waals surface area contributed by atoms with Gasteiger partial charge in [-0.05, 0) is 6.92 Å². The zero-order chi connectivity index (χ0) is 8.60. The minimum absolute atomic E-state index is 0.230. The molecule has 2 atom stereocenters. The van der Waals surface area contributed by atoms with E-state index in [0.29, 0.717) is 5.92 Å². The summed E-state index contributed by atoms with van der Waals surface area (Å²) in [5.74, 6) is 0.561. The van der Waals surface area contributed by atoms with Gasteiger partial charge in [0.1, 0.15) is 0 Å². The first-order chi connectivity index (χ1) is 5.71. The molecule has 0 aromatic heterocycles. The highest BCUT2D eigenvalue weighted by molar-refractivity contribution is 5.36. The quantitative estimate of drug-likeness (QED) is 0.507. The summed E-state index contributed by atoms with van der Waals surface area (Å²) in [6.07, 6.45) is 15.7. The maximum absolute atomic E-state index is 2.34. The molecule has 0 aliphatic heterocycles. The molecule has 2 aliphatic carbocycles. The van der Waals surface area contributed by atoms with Crippen LogP contribution in [-0.4, -0.2) is 0 Å². The van der Waals surface area contributed by atoms with Crippen molar-refractivity contribution >= 4 is 0 Å². The summed E-state index contributed by atoms with van der Waals surface area (Å²) in [4.78, 5) is 0. The van der Waals surface area contributed by atoms with E-state index in [0.717, 1.165) is 0 Å². The van der Waals surface area contributed by atoms with Crippen LogP contribution in [-0.2, 0) is 0 Å². The van der Waals surface area contributed by atoms with E-state index in [-0.39, 0.29) is 5.41 Å². The Morgan fingerprint density at radius 3 is 2.92 bits per heavy atom. The Balaban J connectivity index is 2.42. The fourth-order valence-corrected chi connectivity index (χ4v) is 1.98. The van der Waals surface area contributed by atoms with Crippen molar-refractivity contribution in [2.75, 3.05) is 0 Å². The number of allylic oxidation sites excluding steroid dienone is 8. The molecule has 12 heavy (non-hydrogen) atoms. The molecule has 0 aromatic rings. The molecule has 0 spiro atoms. The third kappa shape index (κ3) is 1.08. The van der Waals surface area contributed by atoms with Crippen LogP contribution in [0.1, 0.15) is 13.8 Å². The van der Waals surface area contributed by atoms with Crippen molar-refractivity contribution < 1.29 is 0 Å². The second-order valence-electron chi connectivity index (χ2n) is 3.88. The summed E-state index contributed by atoms with van der Waals surface area (Å²) in [5.41, 5.74) is 1.60. The minimum Gasteiger partial charge on any atom is -0.0764 e. The molecule has 0 nitrogen and oxygen atoms in total. The predicted molar refractivity (Wildman–Crippen MR) is 52.8 cm³/mol. The van der Waals surface area contributed by atoms with E-state index in [4.69, 9.17) is 0 Å². The highest BCUT2D eigenvalue weighted by Gasteiger charge is 2.29. The fraction of sp³-hybridized carbons (Fsp3) is 0.333.